The molecule has 12 heavy (non-hydrogen) atoms. The molecule has 0 radical (unpaired) electrons. The van der Waals surface area contributed by atoms with E-state index < -0.39 is 15.4 Å². The molecule has 0 saturated carbocycles. The highest BCUT2D eigenvalue weighted by Crippen LogP contribution is 2.22. The summed E-state index contributed by atoms with van der Waals surface area (Å²) in [6.07, 6.45) is 0.523. The lowest BCUT2D eigenvalue weighted by atomic mass is 10.0. The van der Waals surface area contributed by atoms with Crippen molar-refractivity contribution >= 4 is 15.7 Å². The SMILES string of the molecule is CC(=O)NC1(C)CCS(=O)(=O)C1. The van der Waals surface area contributed by atoms with E-state index in [1.54, 1.807) is 6.92 Å². The molecule has 0 aromatic carbocycles. The van der Waals surface area contributed by atoms with Crippen LogP contribution in [0.5, 0.6) is 0 Å². The standard InChI is InChI=1S/C7H13NO3S/c1-6(9)8-7(2)3-4-12(10,11)5-7/h3-5H2,1-2H3,(H,8,9). The van der Waals surface area contributed by atoms with Gasteiger partial charge in [0.15, 0.2) is 9.84 Å². The molecule has 1 amide bonds. The Balaban J connectivity index is 2.71. The largest absolute Gasteiger partial charge is 0.350 e. The van der Waals surface area contributed by atoms with Gasteiger partial charge < -0.3 is 5.32 Å². The van der Waals surface area contributed by atoms with E-state index in [0.717, 1.165) is 0 Å². The van der Waals surface area contributed by atoms with Gasteiger partial charge in [0.1, 0.15) is 0 Å². The molecule has 1 atom stereocenters. The Kier molecular flexibility index (Phi) is 2.16. The van der Waals surface area contributed by atoms with Crippen LogP contribution in [-0.4, -0.2) is 31.4 Å². The lowest BCUT2D eigenvalue weighted by Gasteiger charge is -2.22. The summed E-state index contributed by atoms with van der Waals surface area (Å²) in [5, 5.41) is 2.66. The number of hydrogen-bond acceptors (Lipinski definition) is 3. The van der Waals surface area contributed by atoms with Crippen LogP contribution in [0.1, 0.15) is 20.3 Å². The third-order valence-electron chi connectivity index (χ3n) is 1.98. The zero-order valence-corrected chi connectivity index (χ0v) is 8.07. The Bertz CT molecular complexity index is 296. The van der Waals surface area contributed by atoms with Crippen LogP contribution in [0.3, 0.4) is 0 Å². The number of carbonyl (C=O) groups excluding carboxylic acids is 1. The summed E-state index contributed by atoms with van der Waals surface area (Å²) in [6, 6.07) is 0. The van der Waals surface area contributed by atoms with Crippen LogP contribution < -0.4 is 5.32 Å². The predicted molar refractivity (Wildman–Crippen MR) is 45.5 cm³/mol. The quantitative estimate of drug-likeness (QED) is 0.619. The van der Waals surface area contributed by atoms with Gasteiger partial charge in [0.25, 0.3) is 0 Å². The minimum atomic E-state index is -2.91. The minimum Gasteiger partial charge on any atom is -0.350 e. The minimum absolute atomic E-state index is 0.0690. The summed E-state index contributed by atoms with van der Waals surface area (Å²) in [6.45, 7) is 3.16. The van der Waals surface area contributed by atoms with Crippen LogP contribution in [0.4, 0.5) is 0 Å². The lowest BCUT2D eigenvalue weighted by Crippen LogP contribution is -2.45. The first-order valence-electron chi connectivity index (χ1n) is 3.82. The molecular weight excluding hydrogens is 178 g/mol. The summed E-state index contributed by atoms with van der Waals surface area (Å²) < 4.78 is 22.2. The van der Waals surface area contributed by atoms with Gasteiger partial charge in [0, 0.05) is 6.92 Å². The molecule has 1 N–H and O–H groups in total. The van der Waals surface area contributed by atoms with Crippen molar-refractivity contribution in [3.63, 3.8) is 0 Å². The van der Waals surface area contributed by atoms with Crippen molar-refractivity contribution in [2.24, 2.45) is 0 Å². The van der Waals surface area contributed by atoms with Crippen LogP contribution in [0.2, 0.25) is 0 Å². The molecule has 1 fully saturated rings. The van der Waals surface area contributed by atoms with E-state index in [1.165, 1.54) is 6.92 Å². The number of sulfone groups is 1. The van der Waals surface area contributed by atoms with Crippen LogP contribution >= 0.6 is 0 Å². The van der Waals surface area contributed by atoms with Crippen molar-refractivity contribution in [2.45, 2.75) is 25.8 Å². The lowest BCUT2D eigenvalue weighted by molar-refractivity contribution is -0.120. The maximum absolute atomic E-state index is 11.1. The zero-order chi connectivity index (χ0) is 9.41. The molecule has 0 spiro atoms. The Hall–Kier alpha value is -0.580. The van der Waals surface area contributed by atoms with E-state index in [2.05, 4.69) is 5.32 Å². The second-order valence-electron chi connectivity index (χ2n) is 3.58. The maximum Gasteiger partial charge on any atom is 0.217 e. The van der Waals surface area contributed by atoms with Gasteiger partial charge in [-0.15, -0.1) is 0 Å². The van der Waals surface area contributed by atoms with Gasteiger partial charge in [-0.1, -0.05) is 0 Å². The molecule has 5 heteroatoms. The molecule has 4 nitrogen and oxygen atoms in total. The van der Waals surface area contributed by atoms with Gasteiger partial charge in [0.05, 0.1) is 17.0 Å². The average Bonchev–Trinajstić information content (AvgIpc) is 2.03. The fourth-order valence-corrected chi connectivity index (χ4v) is 3.63. The third kappa shape index (κ3) is 2.20. The average molecular weight is 191 g/mol. The first kappa shape index (κ1) is 9.51. The monoisotopic (exact) mass is 191 g/mol. The van der Waals surface area contributed by atoms with Crippen molar-refractivity contribution in [1.82, 2.24) is 5.32 Å². The Morgan fingerprint density at radius 3 is 2.42 bits per heavy atom. The van der Waals surface area contributed by atoms with Gasteiger partial charge >= 0.3 is 0 Å². The van der Waals surface area contributed by atoms with Crippen LogP contribution in [-0.2, 0) is 14.6 Å². The second kappa shape index (κ2) is 2.73. The molecule has 1 saturated heterocycles. The van der Waals surface area contributed by atoms with E-state index in [-0.39, 0.29) is 17.4 Å². The molecule has 70 valence electrons. The van der Waals surface area contributed by atoms with Gasteiger partial charge in [-0.25, -0.2) is 8.42 Å². The van der Waals surface area contributed by atoms with Crippen LogP contribution in [0.15, 0.2) is 0 Å². The molecule has 1 aliphatic rings. The Labute approximate surface area is 72.3 Å². The molecule has 0 aliphatic carbocycles. The number of nitrogens with one attached hydrogen (secondary N) is 1. The van der Waals surface area contributed by atoms with Crippen molar-refractivity contribution in [1.29, 1.82) is 0 Å². The van der Waals surface area contributed by atoms with Crippen molar-refractivity contribution in [3.8, 4) is 0 Å². The third-order valence-corrected chi connectivity index (χ3v) is 3.88. The molecule has 0 bridgehead atoms. The maximum atomic E-state index is 11.1. The molecule has 1 heterocycles. The van der Waals surface area contributed by atoms with E-state index in [9.17, 15) is 13.2 Å². The molecule has 0 aromatic heterocycles. The van der Waals surface area contributed by atoms with Crippen molar-refractivity contribution < 1.29 is 13.2 Å². The number of hydrogen-bond donors (Lipinski definition) is 1. The van der Waals surface area contributed by atoms with E-state index >= 15 is 0 Å². The number of carbonyl (C=O) groups is 1. The topological polar surface area (TPSA) is 63.2 Å². The highest BCUT2D eigenvalue weighted by atomic mass is 32.2. The summed E-state index contributed by atoms with van der Waals surface area (Å²) in [5.41, 5.74) is -0.537. The summed E-state index contributed by atoms with van der Waals surface area (Å²) in [4.78, 5) is 10.7. The van der Waals surface area contributed by atoms with E-state index in [0.29, 0.717) is 6.42 Å². The first-order chi connectivity index (χ1) is 5.33. The number of amides is 1. The molecule has 1 aliphatic heterocycles. The fourth-order valence-electron chi connectivity index (χ4n) is 1.53. The number of rotatable bonds is 1. The fraction of sp³-hybridized carbons (Fsp3) is 0.857. The predicted octanol–water partition coefficient (Wildman–Crippen LogP) is -0.300. The second-order valence-corrected chi connectivity index (χ2v) is 5.77. The molecule has 1 rings (SSSR count). The van der Waals surface area contributed by atoms with E-state index in [4.69, 9.17) is 0 Å². The molecule has 0 aromatic rings. The highest BCUT2D eigenvalue weighted by Gasteiger charge is 2.38. The normalized spacial score (nSPS) is 33.2. The first-order valence-corrected chi connectivity index (χ1v) is 5.64. The summed E-state index contributed by atoms with van der Waals surface area (Å²) in [7, 11) is -2.91. The summed E-state index contributed by atoms with van der Waals surface area (Å²) in [5.74, 6) is 0.0817. The van der Waals surface area contributed by atoms with Gasteiger partial charge in [-0.3, -0.25) is 4.79 Å². The van der Waals surface area contributed by atoms with E-state index in [1.807, 2.05) is 0 Å². The van der Waals surface area contributed by atoms with Gasteiger partial charge in [-0.2, -0.15) is 0 Å². The molecular formula is C7H13NO3S. The molecule has 1 unspecified atom stereocenters. The smallest absolute Gasteiger partial charge is 0.217 e. The van der Waals surface area contributed by atoms with Crippen LogP contribution in [0.25, 0.3) is 0 Å². The summed E-state index contributed by atoms with van der Waals surface area (Å²) >= 11 is 0. The highest BCUT2D eigenvalue weighted by molar-refractivity contribution is 7.91. The zero-order valence-electron chi connectivity index (χ0n) is 7.25. The Morgan fingerprint density at radius 1 is 1.50 bits per heavy atom. The van der Waals surface area contributed by atoms with Gasteiger partial charge in [0.2, 0.25) is 5.91 Å². The Morgan fingerprint density at radius 2 is 2.08 bits per heavy atom. The van der Waals surface area contributed by atoms with Gasteiger partial charge in [-0.05, 0) is 13.3 Å². The van der Waals surface area contributed by atoms with Crippen LogP contribution in [0, 0.1) is 0 Å². The van der Waals surface area contributed by atoms with Crippen molar-refractivity contribution in [3.05, 3.63) is 0 Å². The van der Waals surface area contributed by atoms with Crippen molar-refractivity contribution in [2.75, 3.05) is 11.5 Å².